The Morgan fingerprint density at radius 2 is 2.20 bits per heavy atom. The van der Waals surface area contributed by atoms with Crippen molar-refractivity contribution in [2.24, 2.45) is 0 Å². The van der Waals surface area contributed by atoms with Gasteiger partial charge in [-0.2, -0.15) is 0 Å². The molecule has 1 aliphatic heterocycles. The average Bonchev–Trinajstić information content (AvgIpc) is 2.88. The van der Waals surface area contributed by atoms with Gasteiger partial charge in [-0.1, -0.05) is 6.92 Å². The molecule has 0 aliphatic carbocycles. The molecule has 1 aliphatic rings. The average molecular weight is 275 g/mol. The first kappa shape index (κ1) is 12.9. The number of phenolic OH excluding ortho intramolecular Hbond substituents is 1. The van der Waals surface area contributed by atoms with Crippen LogP contribution in [0, 0.1) is 0 Å². The van der Waals surface area contributed by atoms with Crippen LogP contribution < -0.4 is 11.2 Å². The van der Waals surface area contributed by atoms with E-state index in [1.165, 1.54) is 16.7 Å². The van der Waals surface area contributed by atoms with Gasteiger partial charge in [0.2, 0.25) is 0 Å². The van der Waals surface area contributed by atoms with Crippen LogP contribution in [-0.4, -0.2) is 39.2 Å². The molecule has 2 N–H and O–H groups in total. The van der Waals surface area contributed by atoms with Crippen LogP contribution in [0.1, 0.15) is 19.4 Å². The van der Waals surface area contributed by atoms with Crippen LogP contribution in [0.5, 0.6) is 5.75 Å². The lowest BCUT2D eigenvalue weighted by molar-refractivity contribution is 0.338. The molecule has 20 heavy (non-hydrogen) atoms. The minimum atomic E-state index is -0.379. The van der Waals surface area contributed by atoms with Gasteiger partial charge in [-0.05, 0) is 31.2 Å². The molecule has 1 unspecified atom stereocenters. The van der Waals surface area contributed by atoms with Crippen LogP contribution >= 0.6 is 0 Å². The summed E-state index contributed by atoms with van der Waals surface area (Å²) >= 11 is 0. The van der Waals surface area contributed by atoms with Crippen molar-refractivity contribution in [3.63, 3.8) is 0 Å². The Kier molecular flexibility index (Phi) is 3.10. The molecule has 3 rings (SSSR count). The molecule has 6 nitrogen and oxygen atoms in total. The normalized spacial score (nSPS) is 19.8. The molecule has 1 saturated heterocycles. The highest BCUT2D eigenvalue weighted by Crippen LogP contribution is 2.19. The number of aromatic hydroxyl groups is 1. The van der Waals surface area contributed by atoms with Gasteiger partial charge < -0.3 is 15.0 Å². The molecule has 2 aromatic rings. The largest absolute Gasteiger partial charge is 0.508 e. The second-order valence-corrected chi connectivity index (χ2v) is 5.17. The fourth-order valence-electron chi connectivity index (χ4n) is 2.86. The molecule has 106 valence electrons. The number of nitrogens with one attached hydrogen (secondary N) is 1. The van der Waals surface area contributed by atoms with Crippen molar-refractivity contribution in [1.29, 1.82) is 0 Å². The van der Waals surface area contributed by atoms with Crippen LogP contribution in [0.25, 0.3) is 10.9 Å². The molecule has 1 atom stereocenters. The summed E-state index contributed by atoms with van der Waals surface area (Å²) in [6.07, 6.45) is 0.793. The van der Waals surface area contributed by atoms with Gasteiger partial charge in [-0.15, -0.1) is 0 Å². The number of hydrogen-bond acceptors (Lipinski definition) is 4. The zero-order valence-electron chi connectivity index (χ0n) is 11.3. The summed E-state index contributed by atoms with van der Waals surface area (Å²) in [7, 11) is 0. The maximum absolute atomic E-state index is 12.5. The summed E-state index contributed by atoms with van der Waals surface area (Å²) in [4.78, 5) is 29.6. The molecular formula is C14H17N3O3. The number of fused-ring (bicyclic) bond motifs is 1. The minimum absolute atomic E-state index is 0.0230. The summed E-state index contributed by atoms with van der Waals surface area (Å²) in [5, 5.41) is 9.86. The van der Waals surface area contributed by atoms with Crippen LogP contribution in [-0.2, 0) is 0 Å². The third-order valence-corrected chi connectivity index (χ3v) is 3.97. The maximum Gasteiger partial charge on any atom is 0.329 e. The third-order valence-electron chi connectivity index (χ3n) is 3.97. The van der Waals surface area contributed by atoms with E-state index in [0.29, 0.717) is 17.4 Å². The van der Waals surface area contributed by atoms with Crippen molar-refractivity contribution >= 4 is 10.9 Å². The predicted molar refractivity (Wildman–Crippen MR) is 76.3 cm³/mol. The van der Waals surface area contributed by atoms with E-state index in [1.54, 1.807) is 6.07 Å². The van der Waals surface area contributed by atoms with Gasteiger partial charge in [0.15, 0.2) is 0 Å². The number of likely N-dealkylation sites (N-methyl/N-ethyl adjacent to an activating group) is 1. The standard InChI is InChI=1S/C14H17N3O3/c1-2-16-6-5-9(8-16)17-13(19)11-7-10(18)3-4-12(11)15-14(17)20/h3-4,7,9,18H,2,5-6,8H2,1H3,(H,15,20). The van der Waals surface area contributed by atoms with E-state index in [2.05, 4.69) is 16.8 Å². The lowest BCUT2D eigenvalue weighted by atomic mass is 10.2. The topological polar surface area (TPSA) is 78.3 Å². The van der Waals surface area contributed by atoms with Gasteiger partial charge in [-0.3, -0.25) is 9.36 Å². The van der Waals surface area contributed by atoms with E-state index in [4.69, 9.17) is 0 Å². The first-order chi connectivity index (χ1) is 9.60. The van der Waals surface area contributed by atoms with Crippen molar-refractivity contribution < 1.29 is 5.11 Å². The first-order valence-corrected chi connectivity index (χ1v) is 6.80. The quantitative estimate of drug-likeness (QED) is 0.844. The molecule has 0 spiro atoms. The third kappa shape index (κ3) is 2.02. The summed E-state index contributed by atoms with van der Waals surface area (Å²) < 4.78 is 1.29. The van der Waals surface area contributed by atoms with Crippen LogP contribution in [0.4, 0.5) is 0 Å². The van der Waals surface area contributed by atoms with Gasteiger partial charge in [-0.25, -0.2) is 4.79 Å². The van der Waals surface area contributed by atoms with Gasteiger partial charge in [0.25, 0.3) is 5.56 Å². The Morgan fingerprint density at radius 1 is 1.40 bits per heavy atom. The number of H-pyrrole nitrogens is 1. The Bertz CT molecular complexity index is 762. The highest BCUT2D eigenvalue weighted by molar-refractivity contribution is 5.78. The van der Waals surface area contributed by atoms with Crippen LogP contribution in [0.3, 0.4) is 0 Å². The first-order valence-electron chi connectivity index (χ1n) is 6.80. The molecule has 1 aromatic heterocycles. The highest BCUT2D eigenvalue weighted by atomic mass is 16.3. The number of phenols is 1. The van der Waals surface area contributed by atoms with E-state index in [1.807, 2.05) is 0 Å². The highest BCUT2D eigenvalue weighted by Gasteiger charge is 2.25. The molecular weight excluding hydrogens is 258 g/mol. The van der Waals surface area contributed by atoms with Crippen molar-refractivity contribution in [3.05, 3.63) is 39.0 Å². The molecule has 6 heteroatoms. The molecule has 1 aromatic carbocycles. The summed E-state index contributed by atoms with van der Waals surface area (Å²) in [5.74, 6) is 0.0230. The van der Waals surface area contributed by atoms with Crippen molar-refractivity contribution in [2.75, 3.05) is 19.6 Å². The Hall–Kier alpha value is -2.08. The lowest BCUT2D eigenvalue weighted by Crippen LogP contribution is -2.39. The number of hydrogen-bond donors (Lipinski definition) is 2. The fourth-order valence-corrected chi connectivity index (χ4v) is 2.86. The van der Waals surface area contributed by atoms with Gasteiger partial charge in [0.1, 0.15) is 5.75 Å². The monoisotopic (exact) mass is 275 g/mol. The van der Waals surface area contributed by atoms with E-state index < -0.39 is 0 Å². The van der Waals surface area contributed by atoms with Crippen LogP contribution in [0.15, 0.2) is 27.8 Å². The smallest absolute Gasteiger partial charge is 0.329 e. The minimum Gasteiger partial charge on any atom is -0.508 e. The summed E-state index contributed by atoms with van der Waals surface area (Å²) in [6, 6.07) is 4.30. The molecule has 2 heterocycles. The Labute approximate surface area is 115 Å². The second kappa shape index (κ2) is 4.79. The maximum atomic E-state index is 12.5. The zero-order valence-corrected chi connectivity index (χ0v) is 11.3. The number of likely N-dealkylation sites (tertiary alicyclic amines) is 1. The fraction of sp³-hybridized carbons (Fsp3) is 0.429. The van der Waals surface area contributed by atoms with Crippen LogP contribution in [0.2, 0.25) is 0 Å². The van der Waals surface area contributed by atoms with E-state index >= 15 is 0 Å². The Morgan fingerprint density at radius 3 is 2.90 bits per heavy atom. The summed E-state index contributed by atoms with van der Waals surface area (Å²) in [6.45, 7) is 4.58. The number of benzene rings is 1. The summed E-state index contributed by atoms with van der Waals surface area (Å²) in [5.41, 5.74) is -0.252. The van der Waals surface area contributed by atoms with Crippen molar-refractivity contribution in [3.8, 4) is 5.75 Å². The molecule has 1 fully saturated rings. The van der Waals surface area contributed by atoms with Crippen molar-refractivity contribution in [1.82, 2.24) is 14.5 Å². The van der Waals surface area contributed by atoms with E-state index in [9.17, 15) is 14.7 Å². The molecule has 0 amide bonds. The molecule has 0 saturated carbocycles. The molecule has 0 bridgehead atoms. The van der Waals surface area contributed by atoms with Gasteiger partial charge >= 0.3 is 5.69 Å². The number of nitrogens with zero attached hydrogens (tertiary/aromatic N) is 2. The SMILES string of the molecule is CCN1CCC(n2c(=O)[nH]c3ccc(O)cc3c2=O)C1. The zero-order chi connectivity index (χ0) is 14.3. The van der Waals surface area contributed by atoms with Gasteiger partial charge in [0, 0.05) is 13.1 Å². The predicted octanol–water partition coefficient (Wildman–Crippen LogP) is 0.662. The van der Waals surface area contributed by atoms with Crippen molar-refractivity contribution in [2.45, 2.75) is 19.4 Å². The number of aromatic nitrogens is 2. The van der Waals surface area contributed by atoms with E-state index in [-0.39, 0.29) is 23.0 Å². The number of aromatic amines is 1. The Balaban J connectivity index is 2.16. The second-order valence-electron chi connectivity index (χ2n) is 5.17. The van der Waals surface area contributed by atoms with Gasteiger partial charge in [0.05, 0.1) is 16.9 Å². The number of rotatable bonds is 2. The molecule has 0 radical (unpaired) electrons. The van der Waals surface area contributed by atoms with E-state index in [0.717, 1.165) is 19.5 Å². The lowest BCUT2D eigenvalue weighted by Gasteiger charge is -2.15.